The molecule has 2 aromatic rings. The Morgan fingerprint density at radius 3 is 2.84 bits per heavy atom. The summed E-state index contributed by atoms with van der Waals surface area (Å²) in [5.41, 5.74) is 1.10. The SMILES string of the molecule is O=C(Nc1ccc2c(c1)OCO2)[C@@H]1[C@H]2C=C[C@@]3(CN(CCc4ccccc4)C(=O)[C@@H]13)O2. The summed E-state index contributed by atoms with van der Waals surface area (Å²) in [6, 6.07) is 15.4. The summed E-state index contributed by atoms with van der Waals surface area (Å²) in [4.78, 5) is 28.4. The number of rotatable bonds is 5. The second kappa shape index (κ2) is 6.85. The van der Waals surface area contributed by atoms with E-state index in [9.17, 15) is 9.59 Å². The van der Waals surface area contributed by atoms with E-state index in [4.69, 9.17) is 14.2 Å². The van der Waals surface area contributed by atoms with Crippen molar-refractivity contribution in [2.75, 3.05) is 25.2 Å². The van der Waals surface area contributed by atoms with Crippen LogP contribution in [0.2, 0.25) is 0 Å². The molecule has 158 valence electrons. The summed E-state index contributed by atoms with van der Waals surface area (Å²) in [5, 5.41) is 2.94. The Kier molecular flexibility index (Phi) is 4.08. The van der Waals surface area contributed by atoms with Crippen molar-refractivity contribution in [3.8, 4) is 11.5 Å². The Bertz CT molecular complexity index is 1080. The second-order valence-electron chi connectivity index (χ2n) is 8.45. The molecule has 2 aromatic carbocycles. The van der Waals surface area contributed by atoms with Crippen LogP contribution in [0.25, 0.3) is 0 Å². The predicted octanol–water partition coefficient (Wildman–Crippen LogP) is 2.38. The summed E-state index contributed by atoms with van der Waals surface area (Å²) in [6.07, 6.45) is 4.30. The number of carbonyl (C=O) groups excluding carboxylic acids is 2. The zero-order valence-electron chi connectivity index (χ0n) is 16.8. The lowest BCUT2D eigenvalue weighted by molar-refractivity contribution is -0.135. The molecule has 4 aliphatic rings. The average Bonchev–Trinajstić information content (AvgIpc) is 3.53. The van der Waals surface area contributed by atoms with Crippen LogP contribution in [0.1, 0.15) is 5.56 Å². The molecule has 6 rings (SSSR count). The van der Waals surface area contributed by atoms with Crippen LogP contribution in [0.5, 0.6) is 11.5 Å². The van der Waals surface area contributed by atoms with Gasteiger partial charge in [0, 0.05) is 18.3 Å². The molecule has 4 heterocycles. The summed E-state index contributed by atoms with van der Waals surface area (Å²) in [5.74, 6) is -0.00513. The van der Waals surface area contributed by atoms with Crippen LogP contribution < -0.4 is 14.8 Å². The fourth-order valence-corrected chi connectivity index (χ4v) is 5.18. The quantitative estimate of drug-likeness (QED) is 0.755. The number of ether oxygens (including phenoxy) is 3. The summed E-state index contributed by atoms with van der Waals surface area (Å²) in [6.45, 7) is 1.28. The van der Waals surface area contributed by atoms with Gasteiger partial charge < -0.3 is 24.4 Å². The first-order valence-corrected chi connectivity index (χ1v) is 10.5. The molecule has 31 heavy (non-hydrogen) atoms. The molecule has 1 N–H and O–H groups in total. The van der Waals surface area contributed by atoms with Crippen LogP contribution in [0.4, 0.5) is 5.69 Å². The number of hydrogen-bond acceptors (Lipinski definition) is 5. The number of amides is 2. The zero-order chi connectivity index (χ0) is 21.0. The van der Waals surface area contributed by atoms with Crippen LogP contribution in [0, 0.1) is 11.8 Å². The maximum atomic E-state index is 13.3. The molecule has 7 nitrogen and oxygen atoms in total. The molecule has 2 bridgehead atoms. The first kappa shape index (κ1) is 18.4. The highest BCUT2D eigenvalue weighted by molar-refractivity contribution is 5.99. The minimum absolute atomic E-state index is 0.00591. The summed E-state index contributed by atoms with van der Waals surface area (Å²) < 4.78 is 16.9. The maximum Gasteiger partial charge on any atom is 0.231 e. The number of likely N-dealkylation sites (tertiary alicyclic amines) is 1. The lowest BCUT2D eigenvalue weighted by Crippen LogP contribution is -2.41. The standard InChI is InChI=1S/C24H22N2O5/c27-22(25-16-6-7-17-19(12-16)30-14-29-17)20-18-8-10-24(31-18)13-26(23(28)21(20)24)11-9-15-4-2-1-3-5-15/h1-8,10,12,18,20-21H,9,11,13-14H2,(H,25,27)/t18-,20-,21-,24+/m1/s1. The van der Waals surface area contributed by atoms with E-state index < -0.39 is 17.4 Å². The highest BCUT2D eigenvalue weighted by atomic mass is 16.7. The smallest absolute Gasteiger partial charge is 0.231 e. The monoisotopic (exact) mass is 418 g/mol. The Morgan fingerprint density at radius 1 is 1.13 bits per heavy atom. The third-order valence-corrected chi connectivity index (χ3v) is 6.63. The van der Waals surface area contributed by atoms with Gasteiger partial charge in [-0.2, -0.15) is 0 Å². The van der Waals surface area contributed by atoms with Crippen molar-refractivity contribution in [1.29, 1.82) is 0 Å². The minimum atomic E-state index is -0.699. The van der Waals surface area contributed by atoms with Gasteiger partial charge in [0.1, 0.15) is 5.60 Å². The van der Waals surface area contributed by atoms with E-state index in [2.05, 4.69) is 17.4 Å². The van der Waals surface area contributed by atoms with Gasteiger partial charge in [0.15, 0.2) is 11.5 Å². The number of fused-ring (bicyclic) bond motifs is 2. The predicted molar refractivity (Wildman–Crippen MR) is 112 cm³/mol. The number of benzene rings is 2. The zero-order valence-corrected chi connectivity index (χ0v) is 16.8. The van der Waals surface area contributed by atoms with Crippen LogP contribution in [0.3, 0.4) is 0 Å². The molecule has 0 aliphatic carbocycles. The van der Waals surface area contributed by atoms with Gasteiger partial charge in [-0.05, 0) is 24.1 Å². The third-order valence-electron chi connectivity index (χ3n) is 6.63. The van der Waals surface area contributed by atoms with Crippen LogP contribution >= 0.6 is 0 Å². The Balaban J connectivity index is 1.19. The molecule has 2 amide bonds. The van der Waals surface area contributed by atoms with Gasteiger partial charge in [-0.3, -0.25) is 9.59 Å². The van der Waals surface area contributed by atoms with Gasteiger partial charge in [0.2, 0.25) is 18.6 Å². The number of nitrogens with zero attached hydrogens (tertiary/aromatic N) is 1. The first-order chi connectivity index (χ1) is 15.1. The van der Waals surface area contributed by atoms with Crippen LogP contribution in [-0.2, 0) is 20.7 Å². The van der Waals surface area contributed by atoms with Crippen LogP contribution in [-0.4, -0.2) is 48.3 Å². The van der Waals surface area contributed by atoms with Gasteiger partial charge in [-0.15, -0.1) is 0 Å². The van der Waals surface area contributed by atoms with E-state index in [1.165, 1.54) is 5.56 Å². The fraction of sp³-hybridized carbons (Fsp3) is 0.333. The molecule has 4 atom stereocenters. The van der Waals surface area contributed by atoms with Gasteiger partial charge in [0.05, 0.1) is 24.5 Å². The molecular formula is C24H22N2O5. The Labute approximate surface area is 179 Å². The molecule has 0 radical (unpaired) electrons. The van der Waals surface area contributed by atoms with E-state index >= 15 is 0 Å². The molecule has 1 spiro atoms. The number of carbonyl (C=O) groups is 2. The molecule has 2 fully saturated rings. The largest absolute Gasteiger partial charge is 0.454 e. The number of hydrogen-bond donors (Lipinski definition) is 1. The van der Waals surface area contributed by atoms with Gasteiger partial charge in [0.25, 0.3) is 0 Å². The van der Waals surface area contributed by atoms with E-state index in [1.54, 1.807) is 18.2 Å². The fourth-order valence-electron chi connectivity index (χ4n) is 5.18. The summed E-state index contributed by atoms with van der Waals surface area (Å²) in [7, 11) is 0. The highest BCUT2D eigenvalue weighted by Crippen LogP contribution is 2.52. The Hall–Kier alpha value is -3.32. The molecule has 0 aromatic heterocycles. The van der Waals surface area contributed by atoms with E-state index in [0.29, 0.717) is 30.3 Å². The van der Waals surface area contributed by atoms with E-state index in [0.717, 1.165) is 6.42 Å². The first-order valence-electron chi connectivity index (χ1n) is 10.5. The normalized spacial score (nSPS) is 29.5. The minimum Gasteiger partial charge on any atom is -0.454 e. The van der Waals surface area contributed by atoms with E-state index in [-0.39, 0.29) is 24.7 Å². The number of anilines is 1. The number of nitrogens with one attached hydrogen (secondary N) is 1. The maximum absolute atomic E-state index is 13.3. The van der Waals surface area contributed by atoms with Crippen molar-refractivity contribution in [3.05, 3.63) is 66.2 Å². The van der Waals surface area contributed by atoms with Gasteiger partial charge >= 0.3 is 0 Å². The average molecular weight is 418 g/mol. The molecule has 4 aliphatic heterocycles. The van der Waals surface area contributed by atoms with Gasteiger partial charge in [-0.1, -0.05) is 42.5 Å². The van der Waals surface area contributed by atoms with Crippen molar-refractivity contribution in [1.82, 2.24) is 4.90 Å². The summed E-state index contributed by atoms with van der Waals surface area (Å²) >= 11 is 0. The third kappa shape index (κ3) is 2.91. The van der Waals surface area contributed by atoms with Gasteiger partial charge in [-0.25, -0.2) is 0 Å². The van der Waals surface area contributed by atoms with Crippen molar-refractivity contribution in [2.45, 2.75) is 18.1 Å². The second-order valence-corrected chi connectivity index (χ2v) is 8.45. The van der Waals surface area contributed by atoms with Crippen molar-refractivity contribution in [3.63, 3.8) is 0 Å². The lowest BCUT2D eigenvalue weighted by atomic mass is 9.77. The Morgan fingerprint density at radius 2 is 1.97 bits per heavy atom. The topological polar surface area (TPSA) is 77.1 Å². The molecule has 7 heteroatoms. The van der Waals surface area contributed by atoms with Crippen LogP contribution in [0.15, 0.2) is 60.7 Å². The highest BCUT2D eigenvalue weighted by Gasteiger charge is 2.66. The molecule has 2 saturated heterocycles. The molecule has 0 saturated carbocycles. The lowest BCUT2D eigenvalue weighted by Gasteiger charge is -2.23. The van der Waals surface area contributed by atoms with Crippen molar-refractivity contribution >= 4 is 17.5 Å². The van der Waals surface area contributed by atoms with Crippen molar-refractivity contribution < 1.29 is 23.8 Å². The molecule has 0 unspecified atom stereocenters. The van der Waals surface area contributed by atoms with E-state index in [1.807, 2.05) is 35.3 Å². The molecular weight excluding hydrogens is 396 g/mol. The van der Waals surface area contributed by atoms with Crippen molar-refractivity contribution in [2.24, 2.45) is 11.8 Å².